The van der Waals surface area contributed by atoms with E-state index in [9.17, 15) is 19.7 Å². The number of rotatable bonds is 9. The first-order valence-corrected chi connectivity index (χ1v) is 14.1. The van der Waals surface area contributed by atoms with E-state index in [0.717, 1.165) is 18.4 Å². The summed E-state index contributed by atoms with van der Waals surface area (Å²) >= 11 is 0. The van der Waals surface area contributed by atoms with E-state index in [2.05, 4.69) is 5.32 Å². The molecule has 0 unspecified atom stereocenters. The summed E-state index contributed by atoms with van der Waals surface area (Å²) in [5.41, 5.74) is 0.912. The molecule has 0 aliphatic carbocycles. The van der Waals surface area contributed by atoms with Gasteiger partial charge in [-0.1, -0.05) is 57.2 Å². The Morgan fingerprint density at radius 2 is 1.78 bits per heavy atom. The Morgan fingerprint density at radius 3 is 2.39 bits per heavy atom. The van der Waals surface area contributed by atoms with Gasteiger partial charge in [-0.15, -0.1) is 0 Å². The average molecular weight is 569 g/mol. The molecular weight excluding hydrogens is 524 g/mol. The van der Waals surface area contributed by atoms with Crippen LogP contribution in [-0.2, 0) is 22.6 Å². The van der Waals surface area contributed by atoms with Crippen LogP contribution >= 0.6 is 0 Å². The van der Waals surface area contributed by atoms with Crippen LogP contribution in [0, 0.1) is 15.5 Å². The molecule has 2 aromatic rings. The van der Waals surface area contributed by atoms with E-state index in [-0.39, 0.29) is 42.4 Å². The molecular formula is C31H44N4O6. The molecule has 1 heterocycles. The number of hydrogen-bond donors (Lipinski definition) is 1. The van der Waals surface area contributed by atoms with E-state index in [4.69, 9.17) is 9.47 Å². The van der Waals surface area contributed by atoms with Crippen LogP contribution in [0.3, 0.4) is 0 Å². The first-order valence-electron chi connectivity index (χ1n) is 14.1. The summed E-state index contributed by atoms with van der Waals surface area (Å²) in [5, 5.41) is 15.2. The van der Waals surface area contributed by atoms with Gasteiger partial charge in [0.1, 0.15) is 17.9 Å². The van der Waals surface area contributed by atoms with Crippen LogP contribution in [0.25, 0.3) is 0 Å². The number of benzene rings is 2. The lowest BCUT2D eigenvalue weighted by molar-refractivity contribution is -0.384. The Bertz CT molecular complexity index is 1210. The molecule has 1 aliphatic heterocycles. The summed E-state index contributed by atoms with van der Waals surface area (Å²) in [6, 6.07) is 14.0. The van der Waals surface area contributed by atoms with Crippen molar-refractivity contribution < 1.29 is 24.0 Å². The summed E-state index contributed by atoms with van der Waals surface area (Å²) in [6.45, 7) is 14.8. The van der Waals surface area contributed by atoms with E-state index in [0.29, 0.717) is 24.3 Å². The topological polar surface area (TPSA) is 114 Å². The summed E-state index contributed by atoms with van der Waals surface area (Å²) in [7, 11) is 0. The minimum absolute atomic E-state index is 0.0923. The van der Waals surface area contributed by atoms with Crippen molar-refractivity contribution in [3.8, 4) is 0 Å². The Balaban J connectivity index is 1.74. The predicted octanol–water partition coefficient (Wildman–Crippen LogP) is 6.98. The number of nitrogens with one attached hydrogen (secondary N) is 1. The highest BCUT2D eigenvalue weighted by Gasteiger charge is 2.33. The minimum atomic E-state index is -0.599. The van der Waals surface area contributed by atoms with Crippen LogP contribution in [0.15, 0.2) is 48.5 Å². The zero-order valence-corrected chi connectivity index (χ0v) is 25.3. The Morgan fingerprint density at radius 1 is 1.10 bits per heavy atom. The predicted molar refractivity (Wildman–Crippen MR) is 159 cm³/mol. The second-order valence-electron chi connectivity index (χ2n) is 12.7. The van der Waals surface area contributed by atoms with Crippen molar-refractivity contribution in [3.63, 3.8) is 0 Å². The van der Waals surface area contributed by atoms with Crippen molar-refractivity contribution >= 4 is 23.6 Å². The smallest absolute Gasteiger partial charge is 0.410 e. The zero-order valence-electron chi connectivity index (χ0n) is 25.3. The number of carbonyl (C=O) groups excluding carboxylic acids is 2. The van der Waals surface area contributed by atoms with Crippen LogP contribution in [0.5, 0.6) is 0 Å². The Hall–Kier alpha value is -3.82. The highest BCUT2D eigenvalue weighted by Crippen LogP contribution is 2.30. The van der Waals surface area contributed by atoms with Crippen molar-refractivity contribution in [2.24, 2.45) is 5.41 Å². The first-order chi connectivity index (χ1) is 19.2. The molecule has 41 heavy (non-hydrogen) atoms. The number of nitro benzene ring substituents is 1. The van der Waals surface area contributed by atoms with Gasteiger partial charge in [0.05, 0.1) is 11.0 Å². The standard InChI is InChI=1S/C31H44N4O6/c1-22(30(2,3)4)34(28(36)40-21-23-12-9-8-10-13-23)20-24-15-16-26(27(18-24)35(38)39)32-19-25-14-11-17-33(25)29(37)41-31(5,6)7/h8-10,12-13,15-16,18,22,25,32H,11,14,17,19-21H2,1-7H3/t22-,25-/m0/s1. The normalized spacial score (nSPS) is 16.2. The van der Waals surface area contributed by atoms with E-state index in [1.165, 1.54) is 6.07 Å². The first kappa shape index (κ1) is 31.7. The van der Waals surface area contributed by atoms with Crippen LogP contribution < -0.4 is 5.32 Å². The molecule has 3 rings (SSSR count). The van der Waals surface area contributed by atoms with Crippen molar-refractivity contribution in [1.29, 1.82) is 0 Å². The number of likely N-dealkylation sites (tertiary alicyclic amines) is 1. The van der Waals surface area contributed by atoms with E-state index < -0.39 is 16.6 Å². The fraction of sp³-hybridized carbons (Fsp3) is 0.548. The lowest BCUT2D eigenvalue weighted by Gasteiger charge is -2.37. The molecule has 2 aromatic carbocycles. The van der Waals surface area contributed by atoms with Gasteiger partial charge in [-0.05, 0) is 63.1 Å². The van der Waals surface area contributed by atoms with E-state index in [1.54, 1.807) is 21.9 Å². The monoisotopic (exact) mass is 568 g/mol. The average Bonchev–Trinajstić information content (AvgIpc) is 3.37. The molecule has 1 saturated heterocycles. The van der Waals surface area contributed by atoms with Crippen molar-refractivity contribution in [1.82, 2.24) is 9.80 Å². The van der Waals surface area contributed by atoms with Gasteiger partial charge in [-0.25, -0.2) is 9.59 Å². The molecule has 1 N–H and O–H groups in total. The van der Waals surface area contributed by atoms with Gasteiger partial charge in [0.25, 0.3) is 5.69 Å². The third kappa shape index (κ3) is 9.09. The fourth-order valence-corrected chi connectivity index (χ4v) is 4.64. The van der Waals surface area contributed by atoms with Crippen molar-refractivity contribution in [2.45, 2.75) is 92.1 Å². The third-order valence-corrected chi connectivity index (χ3v) is 7.31. The molecule has 10 nitrogen and oxygen atoms in total. The lowest BCUT2D eigenvalue weighted by atomic mass is 9.87. The number of amides is 2. The van der Waals surface area contributed by atoms with Gasteiger partial charge in [-0.2, -0.15) is 0 Å². The molecule has 0 radical (unpaired) electrons. The summed E-state index contributed by atoms with van der Waals surface area (Å²) < 4.78 is 11.2. The molecule has 2 atom stereocenters. The molecule has 2 amide bonds. The number of carbonyl (C=O) groups is 2. The molecule has 0 spiro atoms. The van der Waals surface area contributed by atoms with Crippen LogP contribution in [-0.4, -0.2) is 57.7 Å². The zero-order chi connectivity index (χ0) is 30.4. The highest BCUT2D eigenvalue weighted by atomic mass is 16.6. The van der Waals surface area contributed by atoms with Crippen LogP contribution in [0.1, 0.15) is 72.4 Å². The number of nitrogens with zero attached hydrogens (tertiary/aromatic N) is 3. The number of hydrogen-bond acceptors (Lipinski definition) is 7. The van der Waals surface area contributed by atoms with Gasteiger partial charge in [-0.3, -0.25) is 10.1 Å². The maximum absolute atomic E-state index is 13.2. The Labute approximate surface area is 243 Å². The molecule has 0 bridgehead atoms. The molecule has 0 aromatic heterocycles. The minimum Gasteiger partial charge on any atom is -0.445 e. The van der Waals surface area contributed by atoms with Gasteiger partial charge in [0, 0.05) is 31.7 Å². The molecule has 1 fully saturated rings. The molecule has 224 valence electrons. The SMILES string of the molecule is C[C@H](N(Cc1ccc(NC[C@@H]2CCCN2C(=O)OC(C)(C)C)c([N+](=O)[O-])c1)C(=O)OCc1ccccc1)C(C)(C)C. The molecule has 0 saturated carbocycles. The van der Waals surface area contributed by atoms with Crippen molar-refractivity contribution in [2.75, 3.05) is 18.4 Å². The van der Waals surface area contributed by atoms with Crippen molar-refractivity contribution in [3.05, 3.63) is 69.8 Å². The highest BCUT2D eigenvalue weighted by molar-refractivity contribution is 5.70. The number of ether oxygens (including phenoxy) is 2. The number of nitro groups is 1. The third-order valence-electron chi connectivity index (χ3n) is 7.31. The van der Waals surface area contributed by atoms with Crippen LogP contribution in [0.4, 0.5) is 21.0 Å². The second-order valence-corrected chi connectivity index (χ2v) is 12.7. The quantitative estimate of drug-likeness (QED) is 0.256. The van der Waals surface area contributed by atoms with Crippen LogP contribution in [0.2, 0.25) is 0 Å². The van der Waals surface area contributed by atoms with E-state index in [1.807, 2.05) is 78.8 Å². The lowest BCUT2D eigenvalue weighted by Crippen LogP contribution is -2.45. The summed E-state index contributed by atoms with van der Waals surface area (Å²) in [5.74, 6) is 0. The van der Waals surface area contributed by atoms with Gasteiger partial charge in [0.15, 0.2) is 0 Å². The fourth-order valence-electron chi connectivity index (χ4n) is 4.64. The summed E-state index contributed by atoms with van der Waals surface area (Å²) in [6.07, 6.45) is 0.765. The molecule has 10 heteroatoms. The van der Waals surface area contributed by atoms with E-state index >= 15 is 0 Å². The van der Waals surface area contributed by atoms with Gasteiger partial charge in [0.2, 0.25) is 0 Å². The maximum Gasteiger partial charge on any atom is 0.410 e. The molecule has 1 aliphatic rings. The summed E-state index contributed by atoms with van der Waals surface area (Å²) in [4.78, 5) is 40.8. The van der Waals surface area contributed by atoms with Gasteiger partial charge < -0.3 is 24.6 Å². The maximum atomic E-state index is 13.2. The second kappa shape index (κ2) is 13.2. The largest absolute Gasteiger partial charge is 0.445 e. The van der Waals surface area contributed by atoms with Gasteiger partial charge >= 0.3 is 12.2 Å². The Kier molecular flexibility index (Phi) is 10.2. The number of anilines is 1.